The molecular weight excluding hydrogens is 260 g/mol. The molecule has 2 rings (SSSR count). The highest BCUT2D eigenvalue weighted by atomic mass is 32.2. The second-order valence-electron chi connectivity index (χ2n) is 4.59. The molecule has 5 heteroatoms. The second kappa shape index (κ2) is 5.75. The van der Waals surface area contributed by atoms with Crippen molar-refractivity contribution in [1.29, 1.82) is 0 Å². The van der Waals surface area contributed by atoms with Crippen LogP contribution in [0.1, 0.15) is 18.9 Å². The number of benzene rings is 1. The molecule has 1 aliphatic heterocycles. The molecule has 0 aromatic heterocycles. The Morgan fingerprint density at radius 1 is 1.47 bits per heavy atom. The molecule has 0 bridgehead atoms. The largest absolute Gasteiger partial charge is 0.385 e. The summed E-state index contributed by atoms with van der Waals surface area (Å²) in [4.78, 5) is 0.374. The topological polar surface area (TPSA) is 49.4 Å². The Kier molecular flexibility index (Phi) is 4.27. The molecule has 1 aliphatic rings. The van der Waals surface area contributed by atoms with E-state index in [1.807, 2.05) is 13.0 Å². The van der Waals surface area contributed by atoms with E-state index in [2.05, 4.69) is 11.9 Å². The Morgan fingerprint density at radius 3 is 2.95 bits per heavy atom. The number of anilines is 1. The van der Waals surface area contributed by atoms with Crippen molar-refractivity contribution in [2.24, 2.45) is 0 Å². The molecular formula is C14H20N2O2S. The quantitative estimate of drug-likeness (QED) is 0.842. The summed E-state index contributed by atoms with van der Waals surface area (Å²) in [6.45, 7) is 7.19. The fourth-order valence-corrected chi connectivity index (χ4v) is 3.77. The number of likely N-dealkylation sites (N-methyl/N-ethyl adjacent to an activating group) is 1. The van der Waals surface area contributed by atoms with Gasteiger partial charge in [-0.25, -0.2) is 8.42 Å². The fraction of sp³-hybridized carbons (Fsp3) is 0.429. The average molecular weight is 280 g/mol. The lowest BCUT2D eigenvalue weighted by atomic mass is 10.0. The van der Waals surface area contributed by atoms with E-state index in [0.29, 0.717) is 18.0 Å². The number of aryl methyl sites for hydroxylation is 1. The van der Waals surface area contributed by atoms with Crippen molar-refractivity contribution in [3.63, 3.8) is 0 Å². The number of sulfonamides is 1. The molecule has 1 heterocycles. The van der Waals surface area contributed by atoms with Crippen molar-refractivity contribution in [2.45, 2.75) is 24.7 Å². The van der Waals surface area contributed by atoms with Crippen molar-refractivity contribution in [3.8, 4) is 0 Å². The van der Waals surface area contributed by atoms with E-state index in [0.717, 1.165) is 30.6 Å². The van der Waals surface area contributed by atoms with Crippen molar-refractivity contribution in [3.05, 3.63) is 36.4 Å². The first-order valence-corrected chi connectivity index (χ1v) is 8.01. The molecule has 0 radical (unpaired) electrons. The van der Waals surface area contributed by atoms with E-state index in [9.17, 15) is 8.42 Å². The predicted molar refractivity (Wildman–Crippen MR) is 77.9 cm³/mol. The smallest absolute Gasteiger partial charge is 0.243 e. The minimum atomic E-state index is -3.41. The molecule has 0 saturated carbocycles. The lowest BCUT2D eigenvalue weighted by Gasteiger charge is -2.22. The van der Waals surface area contributed by atoms with Crippen LogP contribution < -0.4 is 5.32 Å². The predicted octanol–water partition coefficient (Wildman–Crippen LogP) is 2.24. The molecule has 104 valence electrons. The first-order chi connectivity index (χ1) is 9.09. The maximum absolute atomic E-state index is 12.5. The zero-order valence-corrected chi connectivity index (χ0v) is 12.0. The van der Waals surface area contributed by atoms with E-state index in [-0.39, 0.29) is 0 Å². The summed E-state index contributed by atoms with van der Waals surface area (Å²) in [5.74, 6) is 0. The van der Waals surface area contributed by atoms with Gasteiger partial charge in [0, 0.05) is 25.3 Å². The SMILES string of the molecule is C=CCN(CC)S(=O)(=O)c1ccc2c(c1)CCCN2. The molecule has 1 N–H and O–H groups in total. The Bertz CT molecular complexity index is 567. The Hall–Kier alpha value is -1.33. The van der Waals surface area contributed by atoms with Gasteiger partial charge in [-0.15, -0.1) is 6.58 Å². The van der Waals surface area contributed by atoms with Gasteiger partial charge >= 0.3 is 0 Å². The van der Waals surface area contributed by atoms with Crippen molar-refractivity contribution in [1.82, 2.24) is 4.31 Å². The molecule has 1 aromatic carbocycles. The summed E-state index contributed by atoms with van der Waals surface area (Å²) >= 11 is 0. The summed E-state index contributed by atoms with van der Waals surface area (Å²) in [6.07, 6.45) is 3.58. The number of fused-ring (bicyclic) bond motifs is 1. The third kappa shape index (κ3) is 2.82. The lowest BCUT2D eigenvalue weighted by Crippen LogP contribution is -2.31. The van der Waals surface area contributed by atoms with Gasteiger partial charge in [-0.1, -0.05) is 13.0 Å². The highest BCUT2D eigenvalue weighted by molar-refractivity contribution is 7.89. The first kappa shape index (κ1) is 14.1. The molecule has 0 atom stereocenters. The molecule has 0 spiro atoms. The molecule has 4 nitrogen and oxygen atoms in total. The number of rotatable bonds is 5. The van der Waals surface area contributed by atoms with Gasteiger partial charge in [-0.05, 0) is 36.6 Å². The Morgan fingerprint density at radius 2 is 2.26 bits per heavy atom. The second-order valence-corrected chi connectivity index (χ2v) is 6.53. The third-order valence-electron chi connectivity index (χ3n) is 3.34. The summed E-state index contributed by atoms with van der Waals surface area (Å²) in [7, 11) is -3.41. The van der Waals surface area contributed by atoms with E-state index < -0.39 is 10.0 Å². The minimum absolute atomic E-state index is 0.341. The van der Waals surface area contributed by atoms with E-state index in [1.165, 1.54) is 4.31 Å². The molecule has 0 aliphatic carbocycles. The van der Waals surface area contributed by atoms with Crippen LogP contribution in [0.2, 0.25) is 0 Å². The molecule has 0 fully saturated rings. The van der Waals surface area contributed by atoms with Gasteiger partial charge in [0.1, 0.15) is 0 Å². The maximum Gasteiger partial charge on any atom is 0.243 e. The Balaban J connectivity index is 2.37. The average Bonchev–Trinajstić information content (AvgIpc) is 2.44. The van der Waals surface area contributed by atoms with E-state index in [1.54, 1.807) is 18.2 Å². The van der Waals surface area contributed by atoms with E-state index >= 15 is 0 Å². The van der Waals surface area contributed by atoms with Crippen LogP contribution in [-0.2, 0) is 16.4 Å². The summed E-state index contributed by atoms with van der Waals surface area (Å²) in [5, 5.41) is 3.29. The molecule has 0 unspecified atom stereocenters. The normalized spacial score (nSPS) is 14.8. The fourth-order valence-electron chi connectivity index (χ4n) is 2.30. The molecule has 0 amide bonds. The van der Waals surface area contributed by atoms with Crippen molar-refractivity contribution in [2.75, 3.05) is 25.0 Å². The van der Waals surface area contributed by atoms with Crippen molar-refractivity contribution >= 4 is 15.7 Å². The van der Waals surface area contributed by atoms with Crippen LogP contribution >= 0.6 is 0 Å². The van der Waals surface area contributed by atoms with Gasteiger partial charge in [0.2, 0.25) is 10.0 Å². The van der Waals surface area contributed by atoms with E-state index in [4.69, 9.17) is 0 Å². The van der Waals surface area contributed by atoms with Crippen LogP contribution in [0.3, 0.4) is 0 Å². The highest BCUT2D eigenvalue weighted by Gasteiger charge is 2.23. The summed E-state index contributed by atoms with van der Waals surface area (Å²) in [5.41, 5.74) is 2.14. The number of nitrogens with zero attached hydrogens (tertiary/aromatic N) is 1. The van der Waals surface area contributed by atoms with Gasteiger partial charge in [0.05, 0.1) is 4.90 Å². The van der Waals surface area contributed by atoms with Crippen LogP contribution in [0.25, 0.3) is 0 Å². The lowest BCUT2D eigenvalue weighted by molar-refractivity contribution is 0.460. The number of hydrogen-bond acceptors (Lipinski definition) is 3. The van der Waals surface area contributed by atoms with Crippen molar-refractivity contribution < 1.29 is 8.42 Å². The molecule has 19 heavy (non-hydrogen) atoms. The van der Waals surface area contributed by atoms with Gasteiger partial charge in [0.15, 0.2) is 0 Å². The van der Waals surface area contributed by atoms with Crippen LogP contribution in [0.5, 0.6) is 0 Å². The molecule has 1 aromatic rings. The van der Waals surface area contributed by atoms with Gasteiger partial charge < -0.3 is 5.32 Å². The van der Waals surface area contributed by atoms with Crippen LogP contribution in [0, 0.1) is 0 Å². The van der Waals surface area contributed by atoms with Gasteiger partial charge in [0.25, 0.3) is 0 Å². The summed E-state index contributed by atoms with van der Waals surface area (Å²) < 4.78 is 26.4. The third-order valence-corrected chi connectivity index (χ3v) is 5.28. The van der Waals surface area contributed by atoms with Gasteiger partial charge in [-0.2, -0.15) is 4.31 Å². The van der Waals surface area contributed by atoms with Gasteiger partial charge in [-0.3, -0.25) is 0 Å². The monoisotopic (exact) mass is 280 g/mol. The maximum atomic E-state index is 12.5. The highest BCUT2D eigenvalue weighted by Crippen LogP contribution is 2.26. The standard InChI is InChI=1S/C14H20N2O2S/c1-3-10-16(4-2)19(17,18)13-7-8-14-12(11-13)6-5-9-15-14/h3,7-8,11,15H,1,4-6,9-10H2,2H3. The van der Waals surface area contributed by atoms with Crippen LogP contribution in [0.4, 0.5) is 5.69 Å². The minimum Gasteiger partial charge on any atom is -0.385 e. The molecule has 0 saturated heterocycles. The van der Waals surface area contributed by atoms with Crippen LogP contribution in [-0.4, -0.2) is 32.4 Å². The summed E-state index contributed by atoms with van der Waals surface area (Å²) in [6, 6.07) is 5.34. The Labute approximate surface area is 115 Å². The number of nitrogens with one attached hydrogen (secondary N) is 1. The zero-order chi connectivity index (χ0) is 13.9. The van der Waals surface area contributed by atoms with Crippen LogP contribution in [0.15, 0.2) is 35.7 Å². The number of hydrogen-bond donors (Lipinski definition) is 1. The zero-order valence-electron chi connectivity index (χ0n) is 11.2. The first-order valence-electron chi connectivity index (χ1n) is 6.57.